The van der Waals surface area contributed by atoms with E-state index in [-0.39, 0.29) is 0 Å². The average Bonchev–Trinajstić information content (AvgIpc) is 2.64. The quantitative estimate of drug-likeness (QED) is 0.229. The lowest BCUT2D eigenvalue weighted by molar-refractivity contribution is 0.298. The van der Waals surface area contributed by atoms with Crippen LogP contribution in [0.4, 0.5) is 0 Å². The number of halogens is 3. The molecule has 0 atom stereocenters. The fourth-order valence-corrected chi connectivity index (χ4v) is 4.72. The summed E-state index contributed by atoms with van der Waals surface area (Å²) in [4.78, 5) is 0. The van der Waals surface area contributed by atoms with Crippen molar-refractivity contribution in [3.05, 3.63) is 86.2 Å². The monoisotopic (exact) mass is 560 g/mol. The van der Waals surface area contributed by atoms with Gasteiger partial charge >= 0.3 is 7.82 Å². The standard InChI is InChI=1S/C18H12Br3O4P/c19-15-11-12-16(18(21)17(15)20)25-26(22,23-13-7-3-1-4-8-13)24-14-9-5-2-6-10-14/h1-12H. The Morgan fingerprint density at radius 2 is 1.12 bits per heavy atom. The van der Waals surface area contributed by atoms with Gasteiger partial charge in [0.15, 0.2) is 0 Å². The number of phosphoric ester groups is 1. The van der Waals surface area contributed by atoms with Gasteiger partial charge in [0.2, 0.25) is 0 Å². The molecule has 0 spiro atoms. The number of phosphoric acid groups is 1. The lowest BCUT2D eigenvalue weighted by Gasteiger charge is -2.20. The van der Waals surface area contributed by atoms with Gasteiger partial charge in [-0.05, 0) is 84.2 Å². The molecule has 0 saturated heterocycles. The third kappa shape index (κ3) is 4.92. The number of hydrogen-bond acceptors (Lipinski definition) is 4. The van der Waals surface area contributed by atoms with E-state index >= 15 is 0 Å². The molecule has 8 heteroatoms. The van der Waals surface area contributed by atoms with E-state index in [0.717, 1.165) is 8.95 Å². The first-order valence-electron chi connectivity index (χ1n) is 7.39. The normalized spacial score (nSPS) is 11.0. The van der Waals surface area contributed by atoms with Crippen LogP contribution in [0.15, 0.2) is 86.2 Å². The molecule has 4 nitrogen and oxygen atoms in total. The van der Waals surface area contributed by atoms with E-state index in [2.05, 4.69) is 47.8 Å². The Balaban J connectivity index is 1.95. The predicted octanol–water partition coefficient (Wildman–Crippen LogP) is 7.62. The van der Waals surface area contributed by atoms with Crippen LogP contribution in [0.1, 0.15) is 0 Å². The molecule has 0 heterocycles. The first-order chi connectivity index (χ1) is 12.5. The van der Waals surface area contributed by atoms with Crippen molar-refractivity contribution in [3.63, 3.8) is 0 Å². The summed E-state index contributed by atoms with van der Waals surface area (Å²) >= 11 is 10.2. The topological polar surface area (TPSA) is 44.8 Å². The molecule has 26 heavy (non-hydrogen) atoms. The highest BCUT2D eigenvalue weighted by Crippen LogP contribution is 2.52. The van der Waals surface area contributed by atoms with Gasteiger partial charge in [-0.25, -0.2) is 0 Å². The van der Waals surface area contributed by atoms with Gasteiger partial charge in [0.25, 0.3) is 0 Å². The first kappa shape index (κ1) is 19.5. The lowest BCUT2D eigenvalue weighted by Crippen LogP contribution is -2.08. The van der Waals surface area contributed by atoms with E-state index in [9.17, 15) is 4.57 Å². The van der Waals surface area contributed by atoms with Crippen LogP contribution >= 0.6 is 55.6 Å². The van der Waals surface area contributed by atoms with E-state index in [1.54, 1.807) is 60.7 Å². The fourth-order valence-electron chi connectivity index (χ4n) is 1.98. The second kappa shape index (κ2) is 8.61. The molecule has 0 bridgehead atoms. The van der Waals surface area contributed by atoms with Crippen LogP contribution in [-0.2, 0) is 4.57 Å². The molecule has 0 aromatic heterocycles. The molecule has 0 N–H and O–H groups in total. The number of para-hydroxylation sites is 2. The van der Waals surface area contributed by atoms with Crippen LogP contribution in [0.25, 0.3) is 0 Å². The molecule has 3 aromatic rings. The summed E-state index contributed by atoms with van der Waals surface area (Å²) in [6.07, 6.45) is 0. The van der Waals surface area contributed by atoms with Crippen molar-refractivity contribution in [2.24, 2.45) is 0 Å². The Hall–Kier alpha value is -1.27. The van der Waals surface area contributed by atoms with Gasteiger partial charge in [0, 0.05) is 8.95 Å². The van der Waals surface area contributed by atoms with Gasteiger partial charge in [-0.2, -0.15) is 4.57 Å². The van der Waals surface area contributed by atoms with Crippen molar-refractivity contribution >= 4 is 55.6 Å². The molecule has 0 aliphatic carbocycles. The van der Waals surface area contributed by atoms with Crippen LogP contribution in [0.2, 0.25) is 0 Å². The Labute approximate surface area is 176 Å². The van der Waals surface area contributed by atoms with Crippen LogP contribution in [0, 0.1) is 0 Å². The maximum absolute atomic E-state index is 13.4. The van der Waals surface area contributed by atoms with Crippen LogP contribution < -0.4 is 13.6 Å². The zero-order valence-electron chi connectivity index (χ0n) is 13.1. The van der Waals surface area contributed by atoms with Crippen molar-refractivity contribution < 1.29 is 18.1 Å². The zero-order chi connectivity index (χ0) is 18.6. The van der Waals surface area contributed by atoms with E-state index < -0.39 is 7.82 Å². The van der Waals surface area contributed by atoms with E-state index in [0.29, 0.717) is 21.7 Å². The van der Waals surface area contributed by atoms with E-state index in [1.807, 2.05) is 12.1 Å². The Kier molecular flexibility index (Phi) is 6.46. The second-order valence-electron chi connectivity index (χ2n) is 5.02. The van der Waals surface area contributed by atoms with Crippen LogP contribution in [0.3, 0.4) is 0 Å². The minimum atomic E-state index is -4.01. The summed E-state index contributed by atoms with van der Waals surface area (Å²) in [6.45, 7) is 0. The Morgan fingerprint density at radius 3 is 1.62 bits per heavy atom. The number of hydrogen-bond donors (Lipinski definition) is 0. The van der Waals surface area contributed by atoms with Crippen molar-refractivity contribution in [2.75, 3.05) is 0 Å². The zero-order valence-corrected chi connectivity index (χ0v) is 18.8. The van der Waals surface area contributed by atoms with Gasteiger partial charge in [0.1, 0.15) is 17.2 Å². The van der Waals surface area contributed by atoms with Crippen LogP contribution in [-0.4, -0.2) is 0 Å². The first-order valence-corrected chi connectivity index (χ1v) is 11.2. The lowest BCUT2D eigenvalue weighted by atomic mass is 10.3. The van der Waals surface area contributed by atoms with Crippen molar-refractivity contribution in [1.29, 1.82) is 0 Å². The Bertz CT molecular complexity index is 890. The summed E-state index contributed by atoms with van der Waals surface area (Å²) in [5.74, 6) is 1.06. The van der Waals surface area contributed by atoms with Crippen molar-refractivity contribution in [1.82, 2.24) is 0 Å². The highest BCUT2D eigenvalue weighted by molar-refractivity contribution is 9.14. The molecule has 0 amide bonds. The molecule has 0 aliphatic rings. The predicted molar refractivity (Wildman–Crippen MR) is 112 cm³/mol. The van der Waals surface area contributed by atoms with Gasteiger partial charge in [0.05, 0.1) is 4.47 Å². The third-order valence-corrected chi connectivity index (χ3v) is 7.76. The summed E-state index contributed by atoms with van der Waals surface area (Å²) in [7, 11) is -4.01. The minimum absolute atomic E-state index is 0.315. The molecule has 0 unspecified atom stereocenters. The summed E-state index contributed by atoms with van der Waals surface area (Å²) < 4.78 is 32.4. The van der Waals surface area contributed by atoms with E-state index in [1.165, 1.54) is 0 Å². The molecule has 0 aliphatic heterocycles. The molecular formula is C18H12Br3O4P. The summed E-state index contributed by atoms with van der Waals surface area (Å²) in [5.41, 5.74) is 0. The molecule has 0 saturated carbocycles. The molecular weight excluding hydrogens is 551 g/mol. The summed E-state index contributed by atoms with van der Waals surface area (Å²) in [6, 6.07) is 20.9. The Morgan fingerprint density at radius 1 is 0.615 bits per heavy atom. The maximum atomic E-state index is 13.4. The van der Waals surface area contributed by atoms with Gasteiger partial charge in [-0.15, -0.1) is 0 Å². The van der Waals surface area contributed by atoms with Crippen LogP contribution in [0.5, 0.6) is 17.2 Å². The fraction of sp³-hybridized carbons (Fsp3) is 0. The van der Waals surface area contributed by atoms with Gasteiger partial charge in [-0.1, -0.05) is 36.4 Å². The van der Waals surface area contributed by atoms with Gasteiger partial charge in [-0.3, -0.25) is 0 Å². The number of benzene rings is 3. The van der Waals surface area contributed by atoms with Gasteiger partial charge < -0.3 is 13.6 Å². The second-order valence-corrected chi connectivity index (χ2v) is 8.90. The highest BCUT2D eigenvalue weighted by atomic mass is 79.9. The molecule has 3 aromatic carbocycles. The number of rotatable bonds is 6. The SMILES string of the molecule is O=P(Oc1ccccc1)(Oc1ccccc1)Oc1ccc(Br)c(Br)c1Br. The van der Waals surface area contributed by atoms with E-state index in [4.69, 9.17) is 13.6 Å². The molecule has 0 radical (unpaired) electrons. The molecule has 134 valence electrons. The van der Waals surface area contributed by atoms with Crippen molar-refractivity contribution in [3.8, 4) is 17.2 Å². The highest BCUT2D eigenvalue weighted by Gasteiger charge is 2.34. The maximum Gasteiger partial charge on any atom is 0.647 e. The summed E-state index contributed by atoms with van der Waals surface area (Å²) in [5, 5.41) is 0. The molecule has 0 fully saturated rings. The minimum Gasteiger partial charge on any atom is -0.386 e. The third-order valence-electron chi connectivity index (χ3n) is 3.13. The largest absolute Gasteiger partial charge is 0.647 e. The average molecular weight is 563 g/mol. The van der Waals surface area contributed by atoms with Crippen molar-refractivity contribution in [2.45, 2.75) is 0 Å². The molecule has 3 rings (SSSR count). The smallest absolute Gasteiger partial charge is 0.386 e.